The standard InChI is InChI=1S/CH5BrNO2P/c2-6(4,5)1-3/h1,3H2,(H,4,5). The molecule has 3 nitrogen and oxygen atoms in total. The third kappa shape index (κ3) is 4.63. The summed E-state index contributed by atoms with van der Waals surface area (Å²) in [6.45, 7) is 0. The Bertz CT molecular complexity index is 77.6. The average Bonchev–Trinajstić information content (AvgIpc) is 1.35. The summed E-state index contributed by atoms with van der Waals surface area (Å²) in [5.41, 5.74) is 4.75. The minimum atomic E-state index is -3.06. The van der Waals surface area contributed by atoms with Crippen molar-refractivity contribution in [2.75, 3.05) is 6.29 Å². The van der Waals surface area contributed by atoms with Crippen LogP contribution in [0.25, 0.3) is 0 Å². The van der Waals surface area contributed by atoms with Crippen LogP contribution >= 0.6 is 21.6 Å². The lowest BCUT2D eigenvalue weighted by molar-refractivity contribution is 0.499. The Balaban J connectivity index is 3.48. The lowest BCUT2D eigenvalue weighted by atomic mass is 11.6. The van der Waals surface area contributed by atoms with Crippen molar-refractivity contribution < 1.29 is 9.46 Å². The number of nitrogens with two attached hydrogens (primary N) is 1. The minimum Gasteiger partial charge on any atom is -0.336 e. The first kappa shape index (κ1) is 6.63. The van der Waals surface area contributed by atoms with Crippen molar-refractivity contribution in [3.63, 3.8) is 0 Å². The van der Waals surface area contributed by atoms with E-state index in [0.717, 1.165) is 0 Å². The molecule has 0 aromatic heterocycles. The quantitative estimate of drug-likeness (QED) is 0.568. The van der Waals surface area contributed by atoms with E-state index in [9.17, 15) is 4.57 Å². The predicted molar refractivity (Wildman–Crippen MR) is 27.8 cm³/mol. The molecule has 0 heterocycles. The largest absolute Gasteiger partial charge is 0.336 e. The van der Waals surface area contributed by atoms with Crippen LogP contribution in [0.15, 0.2) is 0 Å². The fraction of sp³-hybridized carbons (Fsp3) is 1.00. The second kappa shape index (κ2) is 2.07. The molecule has 0 saturated carbocycles. The number of halogens is 1. The van der Waals surface area contributed by atoms with Crippen molar-refractivity contribution in [2.45, 2.75) is 0 Å². The van der Waals surface area contributed by atoms with Crippen molar-refractivity contribution in [1.29, 1.82) is 0 Å². The van der Waals surface area contributed by atoms with Crippen LogP contribution in [0.5, 0.6) is 0 Å². The summed E-state index contributed by atoms with van der Waals surface area (Å²) in [6.07, 6.45) is -3.26. The second-order valence-electron chi connectivity index (χ2n) is 0.799. The Morgan fingerprint density at radius 1 is 2.00 bits per heavy atom. The van der Waals surface area contributed by atoms with Crippen LogP contribution in [-0.2, 0) is 4.57 Å². The van der Waals surface area contributed by atoms with E-state index in [1.807, 2.05) is 0 Å². The minimum absolute atomic E-state index is 0.201. The molecule has 0 bridgehead atoms. The topological polar surface area (TPSA) is 63.3 Å². The molecule has 38 valence electrons. The van der Waals surface area contributed by atoms with Gasteiger partial charge in [0.1, 0.15) is 0 Å². The van der Waals surface area contributed by atoms with Crippen LogP contribution in [0.1, 0.15) is 0 Å². The molecule has 0 aliphatic carbocycles. The zero-order chi connectivity index (χ0) is 5.21. The molecule has 0 fully saturated rings. The highest BCUT2D eigenvalue weighted by Gasteiger charge is 2.05. The fourth-order valence-electron chi connectivity index (χ4n) is 0. The SMILES string of the molecule is NCP(=O)(O)Br. The lowest BCUT2D eigenvalue weighted by Crippen LogP contribution is -1.94. The van der Waals surface area contributed by atoms with Crippen molar-refractivity contribution in [3.8, 4) is 0 Å². The van der Waals surface area contributed by atoms with Crippen molar-refractivity contribution in [2.24, 2.45) is 5.73 Å². The maximum Gasteiger partial charge on any atom is 0.276 e. The first-order valence-electron chi connectivity index (χ1n) is 1.28. The van der Waals surface area contributed by atoms with Gasteiger partial charge in [-0.1, -0.05) is 0 Å². The molecule has 5 heteroatoms. The van der Waals surface area contributed by atoms with Gasteiger partial charge in [0.2, 0.25) is 0 Å². The summed E-state index contributed by atoms with van der Waals surface area (Å²) in [5, 5.41) is 0. The first-order valence-corrected chi connectivity index (χ1v) is 5.14. The number of hydrogen-bond acceptors (Lipinski definition) is 2. The van der Waals surface area contributed by atoms with E-state index in [4.69, 9.17) is 10.6 Å². The number of hydrogen-bond donors (Lipinski definition) is 2. The molecule has 0 rings (SSSR count). The van der Waals surface area contributed by atoms with Crippen LogP contribution in [0, 0.1) is 0 Å². The van der Waals surface area contributed by atoms with E-state index in [1.165, 1.54) is 0 Å². The smallest absolute Gasteiger partial charge is 0.276 e. The summed E-state index contributed by atoms with van der Waals surface area (Å²) in [4.78, 5) is 8.17. The van der Waals surface area contributed by atoms with Gasteiger partial charge in [-0.25, -0.2) is 0 Å². The van der Waals surface area contributed by atoms with E-state index in [0.29, 0.717) is 0 Å². The molecule has 0 aromatic carbocycles. The van der Waals surface area contributed by atoms with Gasteiger partial charge in [0.15, 0.2) is 0 Å². The molecular formula is CH5BrNO2P. The van der Waals surface area contributed by atoms with Crippen molar-refractivity contribution in [1.82, 2.24) is 0 Å². The van der Waals surface area contributed by atoms with Crippen molar-refractivity contribution >= 4 is 21.6 Å². The van der Waals surface area contributed by atoms with Gasteiger partial charge < -0.3 is 10.6 Å². The highest BCUT2D eigenvalue weighted by atomic mass is 79.9. The first-order chi connectivity index (χ1) is 2.56. The molecule has 1 unspecified atom stereocenters. The summed E-state index contributed by atoms with van der Waals surface area (Å²) in [5.74, 6) is 0. The van der Waals surface area contributed by atoms with E-state index < -0.39 is 6.07 Å². The average molecular weight is 174 g/mol. The molecule has 0 aliphatic heterocycles. The lowest BCUT2D eigenvalue weighted by Gasteiger charge is -1.91. The molecule has 1 atom stereocenters. The Morgan fingerprint density at radius 3 is 2.17 bits per heavy atom. The van der Waals surface area contributed by atoms with Crippen LogP contribution in [0.4, 0.5) is 0 Å². The van der Waals surface area contributed by atoms with Gasteiger partial charge in [-0.2, -0.15) is 0 Å². The Kier molecular flexibility index (Phi) is 2.29. The van der Waals surface area contributed by atoms with Crippen LogP contribution in [0.3, 0.4) is 0 Å². The van der Waals surface area contributed by atoms with Gasteiger partial charge in [-0.3, -0.25) is 4.57 Å². The van der Waals surface area contributed by atoms with Crippen molar-refractivity contribution in [3.05, 3.63) is 0 Å². The second-order valence-corrected chi connectivity index (χ2v) is 5.72. The molecule has 0 aliphatic rings. The summed E-state index contributed by atoms with van der Waals surface area (Å²) < 4.78 is 9.93. The maximum absolute atomic E-state index is 9.93. The third-order valence-electron chi connectivity index (χ3n) is 0.225. The zero-order valence-corrected chi connectivity index (χ0v) is 5.45. The monoisotopic (exact) mass is 173 g/mol. The van der Waals surface area contributed by atoms with Crippen LogP contribution in [0.2, 0.25) is 0 Å². The van der Waals surface area contributed by atoms with Crippen LogP contribution in [-0.4, -0.2) is 11.2 Å². The highest BCUT2D eigenvalue weighted by Crippen LogP contribution is 2.46. The zero-order valence-electron chi connectivity index (χ0n) is 2.97. The summed E-state index contributed by atoms with van der Waals surface area (Å²) in [7, 11) is 0. The Morgan fingerprint density at radius 2 is 2.17 bits per heavy atom. The molecule has 0 amide bonds. The van der Waals surface area contributed by atoms with Gasteiger partial charge in [-0.05, 0) is 0 Å². The van der Waals surface area contributed by atoms with E-state index in [2.05, 4.69) is 15.5 Å². The molecule has 0 aromatic rings. The normalized spacial score (nSPS) is 19.8. The van der Waals surface area contributed by atoms with Gasteiger partial charge in [-0.15, -0.1) is 0 Å². The Labute approximate surface area is 43.7 Å². The van der Waals surface area contributed by atoms with Gasteiger partial charge in [0.25, 0.3) is 6.07 Å². The van der Waals surface area contributed by atoms with Gasteiger partial charge >= 0.3 is 0 Å². The molecular weight excluding hydrogens is 169 g/mol. The molecule has 0 spiro atoms. The molecule has 6 heavy (non-hydrogen) atoms. The van der Waals surface area contributed by atoms with E-state index >= 15 is 0 Å². The predicted octanol–water partition coefficient (Wildman–Crippen LogP) is 0.483. The van der Waals surface area contributed by atoms with Gasteiger partial charge in [0, 0.05) is 15.5 Å². The summed E-state index contributed by atoms with van der Waals surface area (Å²) >= 11 is 2.46. The van der Waals surface area contributed by atoms with Gasteiger partial charge in [0.05, 0.1) is 6.29 Å². The molecule has 3 N–H and O–H groups in total. The maximum atomic E-state index is 9.93. The number of rotatable bonds is 1. The van der Waals surface area contributed by atoms with E-state index in [1.54, 1.807) is 0 Å². The molecule has 0 radical (unpaired) electrons. The Hall–Kier alpha value is 0.630. The third-order valence-corrected chi connectivity index (χ3v) is 1.54. The van der Waals surface area contributed by atoms with E-state index in [-0.39, 0.29) is 6.29 Å². The van der Waals surface area contributed by atoms with Crippen LogP contribution < -0.4 is 5.73 Å². The fourth-order valence-corrected chi connectivity index (χ4v) is 0. The molecule has 0 saturated heterocycles. The summed E-state index contributed by atoms with van der Waals surface area (Å²) in [6, 6.07) is 0. The highest BCUT2D eigenvalue weighted by molar-refractivity contribution is 9.39.